The predicted octanol–water partition coefficient (Wildman–Crippen LogP) is 3.03. The van der Waals surface area contributed by atoms with Gasteiger partial charge in [0, 0.05) is 37.8 Å². The largest absolute Gasteiger partial charge is 0.495 e. The van der Waals surface area contributed by atoms with Crippen molar-refractivity contribution >= 4 is 17.3 Å². The van der Waals surface area contributed by atoms with E-state index < -0.39 is 0 Å². The van der Waals surface area contributed by atoms with Crippen LogP contribution in [0.1, 0.15) is 19.3 Å². The molecule has 1 atom stereocenters. The molecule has 0 radical (unpaired) electrons. The number of nitrogens with zero attached hydrogens (tertiary/aromatic N) is 2. The molecular weight excluding hydrogens is 288 g/mol. The summed E-state index contributed by atoms with van der Waals surface area (Å²) in [5, 5.41) is 0.592. The lowest BCUT2D eigenvalue weighted by Gasteiger charge is -2.45. The molecule has 1 unspecified atom stereocenters. The van der Waals surface area contributed by atoms with Crippen LogP contribution in [0.2, 0.25) is 5.02 Å². The molecule has 4 nitrogen and oxygen atoms in total. The molecule has 2 fully saturated rings. The Hall–Kier alpha value is -1.13. The third kappa shape index (κ3) is 2.92. The lowest BCUT2D eigenvalue weighted by Crippen LogP contribution is -2.54. The lowest BCUT2D eigenvalue weighted by atomic mass is 9.99. The minimum Gasteiger partial charge on any atom is -0.495 e. The second-order valence-corrected chi connectivity index (χ2v) is 6.20. The van der Waals surface area contributed by atoms with Gasteiger partial charge in [-0.05, 0) is 19.4 Å². The number of hydrogen-bond donors (Lipinski definition) is 0. The number of piperidine rings is 1. The van der Waals surface area contributed by atoms with E-state index in [4.69, 9.17) is 21.1 Å². The van der Waals surface area contributed by atoms with Crippen molar-refractivity contribution in [3.05, 3.63) is 17.2 Å². The summed E-state index contributed by atoms with van der Waals surface area (Å²) in [5.74, 6) is 1.53. The molecule has 0 bridgehead atoms. The third-order valence-corrected chi connectivity index (χ3v) is 4.93. The molecule has 3 rings (SSSR count). The minimum atomic E-state index is 0.592. The van der Waals surface area contributed by atoms with Gasteiger partial charge in [-0.2, -0.15) is 0 Å². The molecule has 0 spiro atoms. The second-order valence-electron chi connectivity index (χ2n) is 5.79. The highest BCUT2D eigenvalue weighted by Crippen LogP contribution is 2.39. The molecule has 116 valence electrons. The summed E-state index contributed by atoms with van der Waals surface area (Å²) in [7, 11) is 3.34. The van der Waals surface area contributed by atoms with E-state index in [2.05, 4.69) is 9.80 Å². The Morgan fingerprint density at radius 2 is 1.86 bits per heavy atom. The number of anilines is 1. The number of rotatable bonds is 3. The zero-order valence-corrected chi connectivity index (χ0v) is 13.5. The fraction of sp³-hybridized carbons (Fsp3) is 0.625. The summed E-state index contributed by atoms with van der Waals surface area (Å²) < 4.78 is 10.9. The van der Waals surface area contributed by atoms with Crippen LogP contribution in [0.15, 0.2) is 12.1 Å². The van der Waals surface area contributed by atoms with E-state index >= 15 is 0 Å². The number of halogens is 1. The third-order valence-electron chi connectivity index (χ3n) is 4.63. The molecule has 1 aromatic rings. The molecule has 0 N–H and O–H groups in total. The Labute approximate surface area is 131 Å². The zero-order valence-electron chi connectivity index (χ0n) is 12.8. The van der Waals surface area contributed by atoms with E-state index in [1.807, 2.05) is 12.1 Å². The highest BCUT2D eigenvalue weighted by atomic mass is 35.5. The van der Waals surface area contributed by atoms with E-state index in [1.165, 1.54) is 25.8 Å². The SMILES string of the molecule is COc1cc(N2CCN3CCCCC3C2)c(OC)cc1Cl. The van der Waals surface area contributed by atoms with Crippen LogP contribution in [0.3, 0.4) is 0 Å². The summed E-state index contributed by atoms with van der Waals surface area (Å²) >= 11 is 6.20. The quantitative estimate of drug-likeness (QED) is 0.857. The van der Waals surface area contributed by atoms with Crippen molar-refractivity contribution in [1.82, 2.24) is 4.90 Å². The fourth-order valence-electron chi connectivity index (χ4n) is 3.47. The average Bonchev–Trinajstić information content (AvgIpc) is 2.54. The number of fused-ring (bicyclic) bond motifs is 1. The zero-order chi connectivity index (χ0) is 14.8. The first-order valence-electron chi connectivity index (χ1n) is 7.63. The Balaban J connectivity index is 1.85. The number of hydrogen-bond acceptors (Lipinski definition) is 4. The van der Waals surface area contributed by atoms with Gasteiger partial charge in [-0.1, -0.05) is 18.0 Å². The first-order valence-corrected chi connectivity index (χ1v) is 8.01. The number of ether oxygens (including phenoxy) is 2. The van der Waals surface area contributed by atoms with Gasteiger partial charge in [0.15, 0.2) is 0 Å². The van der Waals surface area contributed by atoms with Crippen LogP contribution < -0.4 is 14.4 Å². The smallest absolute Gasteiger partial charge is 0.143 e. The maximum atomic E-state index is 6.20. The van der Waals surface area contributed by atoms with Crippen LogP contribution in [0.4, 0.5) is 5.69 Å². The summed E-state index contributed by atoms with van der Waals surface area (Å²) in [6.45, 7) is 4.46. The minimum absolute atomic E-state index is 0.592. The van der Waals surface area contributed by atoms with Crippen molar-refractivity contribution in [2.75, 3.05) is 45.3 Å². The van der Waals surface area contributed by atoms with Crippen molar-refractivity contribution in [3.63, 3.8) is 0 Å². The summed E-state index contributed by atoms with van der Waals surface area (Å²) in [4.78, 5) is 5.03. The van der Waals surface area contributed by atoms with Crippen LogP contribution in [0.5, 0.6) is 11.5 Å². The normalized spacial score (nSPS) is 22.8. The van der Waals surface area contributed by atoms with Crippen molar-refractivity contribution in [2.45, 2.75) is 25.3 Å². The Kier molecular flexibility index (Phi) is 4.45. The van der Waals surface area contributed by atoms with Gasteiger partial charge >= 0.3 is 0 Å². The van der Waals surface area contributed by atoms with Crippen LogP contribution in [0, 0.1) is 0 Å². The van der Waals surface area contributed by atoms with Gasteiger partial charge in [0.1, 0.15) is 11.5 Å². The standard InChI is InChI=1S/C16H23ClN2O2/c1-20-15-10-14(16(21-2)9-13(15)17)19-8-7-18-6-4-3-5-12(18)11-19/h9-10,12H,3-8,11H2,1-2H3. The van der Waals surface area contributed by atoms with Gasteiger partial charge in [0.05, 0.1) is 24.9 Å². The van der Waals surface area contributed by atoms with Crippen LogP contribution in [0.25, 0.3) is 0 Å². The molecular formula is C16H23ClN2O2. The van der Waals surface area contributed by atoms with Gasteiger partial charge in [0.2, 0.25) is 0 Å². The van der Waals surface area contributed by atoms with E-state index in [0.717, 1.165) is 31.1 Å². The molecule has 21 heavy (non-hydrogen) atoms. The molecule has 5 heteroatoms. The van der Waals surface area contributed by atoms with Crippen LogP contribution in [-0.2, 0) is 0 Å². The summed E-state index contributed by atoms with van der Waals surface area (Å²) in [5.41, 5.74) is 1.09. The van der Waals surface area contributed by atoms with Crippen molar-refractivity contribution in [1.29, 1.82) is 0 Å². The second kappa shape index (κ2) is 6.32. The monoisotopic (exact) mass is 310 g/mol. The van der Waals surface area contributed by atoms with Crippen molar-refractivity contribution in [3.8, 4) is 11.5 Å². The Morgan fingerprint density at radius 3 is 2.62 bits per heavy atom. The van der Waals surface area contributed by atoms with Crippen LogP contribution in [-0.4, -0.2) is 51.3 Å². The number of piperazine rings is 1. The topological polar surface area (TPSA) is 24.9 Å². The number of methoxy groups -OCH3 is 2. The van der Waals surface area contributed by atoms with E-state index in [9.17, 15) is 0 Å². The first kappa shape index (κ1) is 14.8. The van der Waals surface area contributed by atoms with Gasteiger partial charge in [-0.15, -0.1) is 0 Å². The van der Waals surface area contributed by atoms with Crippen LogP contribution >= 0.6 is 11.6 Å². The van der Waals surface area contributed by atoms with Crippen molar-refractivity contribution < 1.29 is 9.47 Å². The van der Waals surface area contributed by atoms with Gasteiger partial charge < -0.3 is 14.4 Å². The first-order chi connectivity index (χ1) is 10.2. The predicted molar refractivity (Wildman–Crippen MR) is 86.0 cm³/mol. The maximum absolute atomic E-state index is 6.20. The van der Waals surface area contributed by atoms with Gasteiger partial charge in [-0.3, -0.25) is 4.90 Å². The van der Waals surface area contributed by atoms with Crippen molar-refractivity contribution in [2.24, 2.45) is 0 Å². The Bertz CT molecular complexity index is 509. The molecule has 2 aliphatic heterocycles. The highest BCUT2D eigenvalue weighted by Gasteiger charge is 2.30. The maximum Gasteiger partial charge on any atom is 0.143 e. The molecule has 0 aromatic heterocycles. The number of benzene rings is 1. The van der Waals surface area contributed by atoms with Gasteiger partial charge in [-0.25, -0.2) is 0 Å². The van der Waals surface area contributed by atoms with E-state index in [0.29, 0.717) is 16.8 Å². The molecule has 2 heterocycles. The molecule has 0 aliphatic carbocycles. The van der Waals surface area contributed by atoms with E-state index in [-0.39, 0.29) is 0 Å². The molecule has 0 saturated carbocycles. The molecule has 1 aromatic carbocycles. The van der Waals surface area contributed by atoms with E-state index in [1.54, 1.807) is 14.2 Å². The molecule has 2 aliphatic rings. The molecule has 0 amide bonds. The summed E-state index contributed by atoms with van der Waals surface area (Å²) in [6, 6.07) is 4.52. The fourth-order valence-corrected chi connectivity index (χ4v) is 3.70. The Morgan fingerprint density at radius 1 is 1.05 bits per heavy atom. The average molecular weight is 311 g/mol. The summed E-state index contributed by atoms with van der Waals surface area (Å²) in [6.07, 6.45) is 3.98. The van der Waals surface area contributed by atoms with Gasteiger partial charge in [0.25, 0.3) is 0 Å². The highest BCUT2D eigenvalue weighted by molar-refractivity contribution is 6.32. The lowest BCUT2D eigenvalue weighted by molar-refractivity contribution is 0.133. The molecule has 2 saturated heterocycles.